The third kappa shape index (κ3) is 5.15. The lowest BCUT2D eigenvalue weighted by molar-refractivity contribution is 0.631. The van der Waals surface area contributed by atoms with Crippen LogP contribution in [-0.4, -0.2) is 12.6 Å². The van der Waals surface area contributed by atoms with E-state index in [0.717, 1.165) is 6.42 Å². The molecule has 62 valence electrons. The van der Waals surface area contributed by atoms with Crippen LogP contribution in [0.1, 0.15) is 13.3 Å². The van der Waals surface area contributed by atoms with Gasteiger partial charge in [-0.15, -0.1) is 6.42 Å². The average molecular weight is 192 g/mol. The molecule has 1 N–H and O–H groups in total. The molecule has 0 bridgehead atoms. The minimum atomic E-state index is 0.0837. The Balaban J connectivity index is 3.61. The Morgan fingerprint density at radius 2 is 2.45 bits per heavy atom. The minimum absolute atomic E-state index is 0.0837. The highest BCUT2D eigenvalue weighted by Crippen LogP contribution is 2.01. The Hall–Kier alpha value is -0.160. The third-order valence-corrected chi connectivity index (χ3v) is 1.86. The highest BCUT2D eigenvalue weighted by atomic mass is 35.5. The van der Waals surface area contributed by atoms with E-state index >= 15 is 0 Å². The van der Waals surface area contributed by atoms with Crippen LogP contribution in [0.3, 0.4) is 0 Å². The summed E-state index contributed by atoms with van der Waals surface area (Å²) in [7, 11) is 0. The molecule has 1 unspecified atom stereocenters. The van der Waals surface area contributed by atoms with Crippen molar-refractivity contribution in [1.82, 2.24) is 5.32 Å². The molecular weight excluding hydrogens is 181 g/mol. The van der Waals surface area contributed by atoms with Gasteiger partial charge in [0.25, 0.3) is 0 Å². The van der Waals surface area contributed by atoms with Crippen LogP contribution in [0.4, 0.5) is 0 Å². The Kier molecular flexibility index (Phi) is 6.45. The Labute approximate surface area is 77.8 Å². The minimum Gasteiger partial charge on any atom is -0.299 e. The van der Waals surface area contributed by atoms with Crippen molar-refractivity contribution in [3.8, 4) is 12.3 Å². The van der Waals surface area contributed by atoms with Crippen molar-refractivity contribution in [2.45, 2.75) is 19.4 Å². The first-order valence-corrected chi connectivity index (χ1v) is 4.20. The zero-order valence-corrected chi connectivity index (χ0v) is 7.91. The van der Waals surface area contributed by atoms with Gasteiger partial charge in [0.15, 0.2) is 0 Å². The Bertz CT molecular complexity index is 169. The van der Waals surface area contributed by atoms with Gasteiger partial charge in [0.05, 0.1) is 6.04 Å². The maximum atomic E-state index is 5.62. The lowest BCUT2D eigenvalue weighted by Crippen LogP contribution is -2.27. The van der Waals surface area contributed by atoms with Crippen molar-refractivity contribution >= 4 is 23.2 Å². The van der Waals surface area contributed by atoms with Crippen LogP contribution < -0.4 is 5.32 Å². The first-order chi connectivity index (χ1) is 5.24. The van der Waals surface area contributed by atoms with Crippen molar-refractivity contribution in [1.29, 1.82) is 0 Å². The van der Waals surface area contributed by atoms with Crippen LogP contribution in [0.15, 0.2) is 10.6 Å². The maximum absolute atomic E-state index is 5.62. The summed E-state index contributed by atoms with van der Waals surface area (Å²) in [6, 6.07) is 0.0837. The number of hydrogen-bond donors (Lipinski definition) is 1. The molecule has 0 saturated heterocycles. The summed E-state index contributed by atoms with van der Waals surface area (Å²) in [5, 5.41) is 3.62. The van der Waals surface area contributed by atoms with E-state index in [0.29, 0.717) is 11.6 Å². The van der Waals surface area contributed by atoms with E-state index in [-0.39, 0.29) is 6.04 Å². The van der Waals surface area contributed by atoms with Crippen molar-refractivity contribution in [3.05, 3.63) is 10.6 Å². The molecule has 0 aromatic rings. The Morgan fingerprint density at radius 1 is 1.82 bits per heavy atom. The van der Waals surface area contributed by atoms with Gasteiger partial charge in [-0.3, -0.25) is 5.32 Å². The second-order valence-electron chi connectivity index (χ2n) is 2.06. The predicted octanol–water partition coefficient (Wildman–Crippen LogP) is 2.31. The van der Waals surface area contributed by atoms with E-state index in [4.69, 9.17) is 29.6 Å². The summed E-state index contributed by atoms with van der Waals surface area (Å²) in [4.78, 5) is 0. The zero-order valence-electron chi connectivity index (χ0n) is 6.40. The van der Waals surface area contributed by atoms with Crippen LogP contribution in [0.5, 0.6) is 0 Å². The van der Waals surface area contributed by atoms with Gasteiger partial charge in [0, 0.05) is 17.1 Å². The quantitative estimate of drug-likeness (QED) is 0.674. The SMILES string of the molecule is C#CC(CC)NCC(Cl)=CCl. The molecule has 0 saturated carbocycles. The van der Waals surface area contributed by atoms with E-state index in [1.165, 1.54) is 5.54 Å². The van der Waals surface area contributed by atoms with Gasteiger partial charge in [-0.25, -0.2) is 0 Å². The molecular formula is C8H11Cl2N. The molecule has 11 heavy (non-hydrogen) atoms. The molecule has 0 aliphatic carbocycles. The molecule has 1 atom stereocenters. The average Bonchev–Trinajstić information content (AvgIpc) is 2.06. The van der Waals surface area contributed by atoms with Gasteiger partial charge in [-0.1, -0.05) is 36.0 Å². The summed E-state index contributed by atoms with van der Waals surface area (Å²) >= 11 is 11.0. The van der Waals surface area contributed by atoms with Crippen LogP contribution in [0, 0.1) is 12.3 Å². The number of terminal acetylenes is 1. The summed E-state index contributed by atoms with van der Waals surface area (Å²) < 4.78 is 0. The van der Waals surface area contributed by atoms with Gasteiger partial charge in [-0.2, -0.15) is 0 Å². The monoisotopic (exact) mass is 191 g/mol. The van der Waals surface area contributed by atoms with Crippen molar-refractivity contribution < 1.29 is 0 Å². The van der Waals surface area contributed by atoms with Crippen molar-refractivity contribution in [2.24, 2.45) is 0 Å². The summed E-state index contributed by atoms with van der Waals surface area (Å²) in [6.45, 7) is 2.55. The van der Waals surface area contributed by atoms with Crippen molar-refractivity contribution in [3.63, 3.8) is 0 Å². The topological polar surface area (TPSA) is 12.0 Å². The highest BCUT2D eigenvalue weighted by molar-refractivity contribution is 6.36. The molecule has 0 aliphatic rings. The highest BCUT2D eigenvalue weighted by Gasteiger charge is 1.99. The molecule has 0 amide bonds. The lowest BCUT2D eigenvalue weighted by Gasteiger charge is -2.08. The molecule has 0 aromatic carbocycles. The van der Waals surface area contributed by atoms with E-state index in [1.54, 1.807) is 0 Å². The van der Waals surface area contributed by atoms with E-state index in [2.05, 4.69) is 11.2 Å². The second-order valence-corrected chi connectivity index (χ2v) is 2.77. The van der Waals surface area contributed by atoms with Crippen molar-refractivity contribution in [2.75, 3.05) is 6.54 Å². The van der Waals surface area contributed by atoms with Gasteiger partial charge in [0.1, 0.15) is 0 Å². The first-order valence-electron chi connectivity index (χ1n) is 3.38. The van der Waals surface area contributed by atoms with E-state index in [9.17, 15) is 0 Å². The number of rotatable bonds is 4. The molecule has 3 heteroatoms. The lowest BCUT2D eigenvalue weighted by atomic mass is 10.2. The largest absolute Gasteiger partial charge is 0.299 e. The molecule has 0 aromatic heterocycles. The van der Waals surface area contributed by atoms with Gasteiger partial charge >= 0.3 is 0 Å². The fourth-order valence-corrected chi connectivity index (χ4v) is 0.735. The zero-order chi connectivity index (χ0) is 8.69. The molecule has 0 spiro atoms. The molecule has 0 fully saturated rings. The standard InChI is InChI=1S/C8H11Cl2N/c1-3-8(4-2)11-6-7(10)5-9/h1,5,8,11H,4,6H2,2H3. The van der Waals surface area contributed by atoms with Gasteiger partial charge < -0.3 is 0 Å². The van der Waals surface area contributed by atoms with Crippen LogP contribution in [-0.2, 0) is 0 Å². The van der Waals surface area contributed by atoms with E-state index in [1.807, 2.05) is 6.92 Å². The van der Waals surface area contributed by atoms with Gasteiger partial charge in [-0.05, 0) is 6.42 Å². The molecule has 0 radical (unpaired) electrons. The molecule has 1 nitrogen and oxygen atoms in total. The summed E-state index contributed by atoms with van der Waals surface area (Å²) in [5.41, 5.74) is 1.33. The Morgan fingerprint density at radius 3 is 2.82 bits per heavy atom. The molecule has 0 heterocycles. The second kappa shape index (κ2) is 6.54. The molecule has 0 aliphatic heterocycles. The van der Waals surface area contributed by atoms with Gasteiger partial charge in [0.2, 0.25) is 0 Å². The van der Waals surface area contributed by atoms with E-state index < -0.39 is 0 Å². The smallest absolute Gasteiger partial charge is 0.0687 e. The normalized spacial score (nSPS) is 14.2. The summed E-state index contributed by atoms with van der Waals surface area (Å²) in [6.07, 6.45) is 6.09. The number of hydrogen-bond acceptors (Lipinski definition) is 1. The van der Waals surface area contributed by atoms with Crippen LogP contribution in [0.25, 0.3) is 0 Å². The maximum Gasteiger partial charge on any atom is 0.0687 e. The summed E-state index contributed by atoms with van der Waals surface area (Å²) in [5.74, 6) is 2.59. The fraction of sp³-hybridized carbons (Fsp3) is 0.500. The number of halogens is 2. The first kappa shape index (κ1) is 10.8. The molecule has 0 rings (SSSR count). The van der Waals surface area contributed by atoms with Crippen LogP contribution >= 0.6 is 23.2 Å². The number of nitrogens with one attached hydrogen (secondary N) is 1. The fourth-order valence-electron chi connectivity index (χ4n) is 0.580. The predicted molar refractivity (Wildman–Crippen MR) is 50.7 cm³/mol. The van der Waals surface area contributed by atoms with Crippen LogP contribution in [0.2, 0.25) is 0 Å². The third-order valence-electron chi connectivity index (χ3n) is 1.25.